The number of carboxylic acid groups (broad SMARTS) is 1. The Morgan fingerprint density at radius 2 is 2.32 bits per heavy atom. The minimum Gasteiger partial charge on any atom is -0.476 e. The molecule has 8 heteroatoms. The molecule has 0 radical (unpaired) electrons. The van der Waals surface area contributed by atoms with Crippen LogP contribution >= 0.6 is 0 Å². The molecule has 0 saturated carbocycles. The van der Waals surface area contributed by atoms with Gasteiger partial charge in [-0.05, 0) is 19.4 Å². The van der Waals surface area contributed by atoms with Crippen molar-refractivity contribution in [3.05, 3.63) is 11.9 Å². The Morgan fingerprint density at radius 3 is 2.89 bits per heavy atom. The lowest BCUT2D eigenvalue weighted by atomic mass is 10.1. The van der Waals surface area contributed by atoms with Crippen LogP contribution < -0.4 is 11.1 Å². The van der Waals surface area contributed by atoms with Crippen LogP contribution in [0.1, 0.15) is 30.3 Å². The van der Waals surface area contributed by atoms with Crippen molar-refractivity contribution in [3.63, 3.8) is 0 Å². The van der Waals surface area contributed by atoms with Crippen molar-refractivity contribution in [2.45, 2.75) is 26.3 Å². The van der Waals surface area contributed by atoms with E-state index in [0.717, 1.165) is 12.8 Å². The average Bonchev–Trinajstić information content (AvgIpc) is 2.84. The van der Waals surface area contributed by atoms with Gasteiger partial charge in [-0.15, -0.1) is 5.10 Å². The molecule has 0 saturated heterocycles. The number of carbonyl (C=O) groups is 2. The highest BCUT2D eigenvalue weighted by molar-refractivity contribution is 5.84. The van der Waals surface area contributed by atoms with E-state index in [1.165, 1.54) is 10.9 Å². The molecule has 0 aliphatic heterocycles. The molecule has 1 atom stereocenters. The average molecular weight is 269 g/mol. The van der Waals surface area contributed by atoms with Crippen molar-refractivity contribution >= 4 is 11.9 Å². The molecule has 8 nitrogen and oxygen atoms in total. The van der Waals surface area contributed by atoms with Gasteiger partial charge in [0.25, 0.3) is 0 Å². The fourth-order valence-electron chi connectivity index (χ4n) is 1.53. The van der Waals surface area contributed by atoms with Crippen LogP contribution in [0.4, 0.5) is 0 Å². The molecule has 1 unspecified atom stereocenters. The van der Waals surface area contributed by atoms with E-state index in [-0.39, 0.29) is 17.5 Å². The third-order valence-electron chi connectivity index (χ3n) is 2.69. The highest BCUT2D eigenvalue weighted by Crippen LogP contribution is 2.04. The predicted octanol–water partition coefficient (Wildman–Crippen LogP) is -0.532. The number of nitrogens with two attached hydrogens (primary N) is 1. The Hall–Kier alpha value is -1.96. The Labute approximate surface area is 111 Å². The number of nitrogens with zero attached hydrogens (tertiary/aromatic N) is 3. The zero-order valence-corrected chi connectivity index (χ0v) is 10.9. The fourth-order valence-corrected chi connectivity index (χ4v) is 1.53. The van der Waals surface area contributed by atoms with Gasteiger partial charge in [0.2, 0.25) is 5.91 Å². The largest absolute Gasteiger partial charge is 0.476 e. The van der Waals surface area contributed by atoms with Crippen molar-refractivity contribution in [2.24, 2.45) is 11.7 Å². The van der Waals surface area contributed by atoms with Crippen LogP contribution in [0.5, 0.6) is 0 Å². The van der Waals surface area contributed by atoms with E-state index in [2.05, 4.69) is 15.6 Å². The number of aromatic carboxylic acids is 1. The number of carboxylic acids is 1. The maximum absolute atomic E-state index is 11.7. The molecule has 0 aliphatic rings. The normalized spacial score (nSPS) is 12.1. The number of hydrogen-bond acceptors (Lipinski definition) is 5. The van der Waals surface area contributed by atoms with Gasteiger partial charge < -0.3 is 16.2 Å². The van der Waals surface area contributed by atoms with Crippen LogP contribution in [-0.2, 0) is 11.3 Å². The molecule has 1 aromatic heterocycles. The van der Waals surface area contributed by atoms with E-state index in [0.29, 0.717) is 19.6 Å². The van der Waals surface area contributed by atoms with Gasteiger partial charge in [0.15, 0.2) is 5.69 Å². The predicted molar refractivity (Wildman–Crippen MR) is 67.4 cm³/mol. The van der Waals surface area contributed by atoms with Gasteiger partial charge in [-0.2, -0.15) is 0 Å². The van der Waals surface area contributed by atoms with Gasteiger partial charge in [-0.1, -0.05) is 12.1 Å². The zero-order valence-electron chi connectivity index (χ0n) is 10.9. The lowest BCUT2D eigenvalue weighted by Gasteiger charge is -2.11. The van der Waals surface area contributed by atoms with E-state index in [1.54, 1.807) is 0 Å². The molecule has 1 amide bonds. The summed E-state index contributed by atoms with van der Waals surface area (Å²) in [7, 11) is 0. The highest BCUT2D eigenvalue weighted by Gasteiger charge is 2.12. The summed E-state index contributed by atoms with van der Waals surface area (Å²) in [5, 5.41) is 18.6. The SMILES string of the molecule is CC(CCCN)C(=O)NCCn1cc(C(=O)O)nn1. The zero-order chi connectivity index (χ0) is 14.3. The molecule has 0 aromatic carbocycles. The Bertz CT molecular complexity index is 432. The summed E-state index contributed by atoms with van der Waals surface area (Å²) < 4.78 is 1.38. The molecule has 0 fully saturated rings. The van der Waals surface area contributed by atoms with Crippen LogP contribution in [0.25, 0.3) is 0 Å². The molecule has 1 aromatic rings. The first kappa shape index (κ1) is 15.1. The van der Waals surface area contributed by atoms with Gasteiger partial charge in [-0.3, -0.25) is 4.79 Å². The summed E-state index contributed by atoms with van der Waals surface area (Å²) in [6, 6.07) is 0. The minimum atomic E-state index is -1.12. The first-order chi connectivity index (χ1) is 9.04. The number of rotatable bonds is 8. The molecule has 0 bridgehead atoms. The summed E-state index contributed by atoms with van der Waals surface area (Å²) in [6.45, 7) is 3.20. The molecular weight excluding hydrogens is 250 g/mol. The van der Waals surface area contributed by atoms with Crippen LogP contribution in [-0.4, -0.2) is 45.1 Å². The summed E-state index contributed by atoms with van der Waals surface area (Å²) >= 11 is 0. The van der Waals surface area contributed by atoms with Gasteiger partial charge in [0.1, 0.15) is 0 Å². The molecule has 0 aliphatic carbocycles. The molecule has 1 rings (SSSR count). The molecular formula is C11H19N5O3. The number of hydrogen-bond donors (Lipinski definition) is 3. The topological polar surface area (TPSA) is 123 Å². The second-order valence-electron chi connectivity index (χ2n) is 4.29. The van der Waals surface area contributed by atoms with Gasteiger partial charge >= 0.3 is 5.97 Å². The Kier molecular flexibility index (Phi) is 5.94. The van der Waals surface area contributed by atoms with Crippen molar-refractivity contribution in [3.8, 4) is 0 Å². The van der Waals surface area contributed by atoms with E-state index in [9.17, 15) is 9.59 Å². The number of amides is 1. The van der Waals surface area contributed by atoms with Crippen molar-refractivity contribution in [2.75, 3.05) is 13.1 Å². The van der Waals surface area contributed by atoms with E-state index >= 15 is 0 Å². The summed E-state index contributed by atoms with van der Waals surface area (Å²) in [4.78, 5) is 22.3. The van der Waals surface area contributed by atoms with E-state index in [1.807, 2.05) is 6.92 Å². The quantitative estimate of drug-likeness (QED) is 0.583. The van der Waals surface area contributed by atoms with E-state index in [4.69, 9.17) is 10.8 Å². The summed E-state index contributed by atoms with van der Waals surface area (Å²) in [6.07, 6.45) is 2.90. The van der Waals surface area contributed by atoms with Crippen LogP contribution in [0.3, 0.4) is 0 Å². The first-order valence-corrected chi connectivity index (χ1v) is 6.15. The molecule has 106 valence electrons. The van der Waals surface area contributed by atoms with E-state index < -0.39 is 5.97 Å². The molecule has 19 heavy (non-hydrogen) atoms. The van der Waals surface area contributed by atoms with Crippen molar-refractivity contribution < 1.29 is 14.7 Å². The number of carbonyl (C=O) groups excluding carboxylic acids is 1. The molecule has 0 spiro atoms. The third kappa shape index (κ3) is 5.04. The standard InChI is InChI=1S/C11H19N5O3/c1-8(3-2-4-12)10(17)13-5-6-16-7-9(11(18)19)14-15-16/h7-8H,2-6,12H2,1H3,(H,13,17)(H,18,19). The van der Waals surface area contributed by atoms with Gasteiger partial charge in [0, 0.05) is 12.5 Å². The van der Waals surface area contributed by atoms with Crippen molar-refractivity contribution in [1.82, 2.24) is 20.3 Å². The lowest BCUT2D eigenvalue weighted by molar-refractivity contribution is -0.124. The number of aromatic nitrogens is 3. The van der Waals surface area contributed by atoms with Crippen molar-refractivity contribution in [1.29, 1.82) is 0 Å². The fraction of sp³-hybridized carbons (Fsp3) is 0.636. The second-order valence-corrected chi connectivity index (χ2v) is 4.29. The van der Waals surface area contributed by atoms with Crippen LogP contribution in [0.2, 0.25) is 0 Å². The number of nitrogens with one attached hydrogen (secondary N) is 1. The third-order valence-corrected chi connectivity index (χ3v) is 2.69. The summed E-state index contributed by atoms with van der Waals surface area (Å²) in [5.41, 5.74) is 5.27. The minimum absolute atomic E-state index is 0.0352. The van der Waals surface area contributed by atoms with Gasteiger partial charge in [0.05, 0.1) is 12.7 Å². The molecule has 1 heterocycles. The molecule has 4 N–H and O–H groups in total. The Balaban J connectivity index is 2.29. The maximum Gasteiger partial charge on any atom is 0.358 e. The maximum atomic E-state index is 11.7. The van der Waals surface area contributed by atoms with Gasteiger partial charge in [-0.25, -0.2) is 9.48 Å². The summed E-state index contributed by atoms with van der Waals surface area (Å²) in [5.74, 6) is -1.23. The highest BCUT2D eigenvalue weighted by atomic mass is 16.4. The smallest absolute Gasteiger partial charge is 0.358 e. The first-order valence-electron chi connectivity index (χ1n) is 6.15. The monoisotopic (exact) mass is 269 g/mol. The van der Waals surface area contributed by atoms with Crippen LogP contribution in [0.15, 0.2) is 6.20 Å². The second kappa shape index (κ2) is 7.47. The van der Waals surface area contributed by atoms with Crippen LogP contribution in [0, 0.1) is 5.92 Å². The Morgan fingerprint density at radius 1 is 1.58 bits per heavy atom. The lowest BCUT2D eigenvalue weighted by Crippen LogP contribution is -2.32.